The highest BCUT2D eigenvalue weighted by molar-refractivity contribution is 5.80. The van der Waals surface area contributed by atoms with E-state index in [2.05, 4.69) is 5.32 Å². The van der Waals surface area contributed by atoms with Crippen molar-refractivity contribution in [2.75, 3.05) is 0 Å². The molecule has 17 heavy (non-hydrogen) atoms. The first-order chi connectivity index (χ1) is 8.06. The van der Waals surface area contributed by atoms with Crippen molar-refractivity contribution in [1.82, 2.24) is 5.32 Å². The van der Waals surface area contributed by atoms with Crippen molar-refractivity contribution in [3.05, 3.63) is 0 Å². The zero-order valence-electron chi connectivity index (χ0n) is 9.89. The van der Waals surface area contributed by atoms with E-state index in [9.17, 15) is 9.59 Å². The quantitative estimate of drug-likeness (QED) is 0.652. The SMILES string of the molecule is NC1CCC(C(=O)NC(CC(=O)O)C2CC2)C1. The highest BCUT2D eigenvalue weighted by atomic mass is 16.4. The second-order valence-corrected chi connectivity index (χ2v) is 5.32. The van der Waals surface area contributed by atoms with E-state index in [-0.39, 0.29) is 30.3 Å². The van der Waals surface area contributed by atoms with E-state index >= 15 is 0 Å². The summed E-state index contributed by atoms with van der Waals surface area (Å²) >= 11 is 0. The molecule has 0 aliphatic heterocycles. The summed E-state index contributed by atoms with van der Waals surface area (Å²) in [6, 6.07) is -0.0542. The van der Waals surface area contributed by atoms with Crippen molar-refractivity contribution in [1.29, 1.82) is 0 Å². The number of nitrogens with one attached hydrogen (secondary N) is 1. The summed E-state index contributed by atoms with van der Waals surface area (Å²) < 4.78 is 0. The van der Waals surface area contributed by atoms with E-state index < -0.39 is 5.97 Å². The molecule has 0 aromatic rings. The molecule has 0 aromatic carbocycles. The van der Waals surface area contributed by atoms with E-state index in [1.54, 1.807) is 0 Å². The summed E-state index contributed by atoms with van der Waals surface area (Å²) in [4.78, 5) is 22.7. The van der Waals surface area contributed by atoms with Gasteiger partial charge < -0.3 is 16.2 Å². The van der Waals surface area contributed by atoms with Crippen LogP contribution in [0.3, 0.4) is 0 Å². The maximum absolute atomic E-state index is 12.0. The van der Waals surface area contributed by atoms with Crippen LogP contribution < -0.4 is 11.1 Å². The largest absolute Gasteiger partial charge is 0.481 e. The molecule has 5 heteroatoms. The lowest BCUT2D eigenvalue weighted by molar-refractivity contribution is -0.138. The predicted octanol–water partition coefficient (Wildman–Crippen LogP) is 0.483. The first-order valence-electron chi connectivity index (χ1n) is 6.34. The van der Waals surface area contributed by atoms with Gasteiger partial charge in [0.2, 0.25) is 5.91 Å². The Balaban J connectivity index is 1.84. The molecule has 0 spiro atoms. The number of hydrogen-bond donors (Lipinski definition) is 3. The first-order valence-corrected chi connectivity index (χ1v) is 6.34. The van der Waals surface area contributed by atoms with Crippen LogP contribution >= 0.6 is 0 Å². The summed E-state index contributed by atoms with van der Waals surface area (Å²) in [7, 11) is 0. The maximum atomic E-state index is 12.0. The van der Waals surface area contributed by atoms with Crippen molar-refractivity contribution in [2.45, 2.75) is 50.6 Å². The van der Waals surface area contributed by atoms with E-state index in [1.165, 1.54) is 0 Å². The lowest BCUT2D eigenvalue weighted by atomic mass is 10.0. The number of carboxylic acids is 1. The zero-order valence-corrected chi connectivity index (χ0v) is 9.89. The van der Waals surface area contributed by atoms with Crippen LogP contribution in [0.2, 0.25) is 0 Å². The van der Waals surface area contributed by atoms with Gasteiger partial charge in [0.25, 0.3) is 0 Å². The van der Waals surface area contributed by atoms with Gasteiger partial charge in [-0.1, -0.05) is 0 Å². The molecule has 0 bridgehead atoms. The number of aliphatic carboxylic acids is 1. The van der Waals surface area contributed by atoms with Crippen LogP contribution in [0.5, 0.6) is 0 Å². The molecule has 2 aliphatic carbocycles. The Kier molecular flexibility index (Phi) is 3.66. The van der Waals surface area contributed by atoms with Crippen LogP contribution in [-0.4, -0.2) is 29.1 Å². The molecule has 1 amide bonds. The Labute approximate surface area is 101 Å². The fourth-order valence-corrected chi connectivity index (χ4v) is 2.58. The summed E-state index contributed by atoms with van der Waals surface area (Å²) in [6.45, 7) is 0. The third-order valence-corrected chi connectivity index (χ3v) is 3.76. The molecular formula is C12H20N2O3. The zero-order chi connectivity index (χ0) is 12.4. The van der Waals surface area contributed by atoms with Gasteiger partial charge in [-0.25, -0.2) is 0 Å². The average molecular weight is 240 g/mol. The normalized spacial score (nSPS) is 29.9. The Hall–Kier alpha value is -1.10. The molecule has 2 saturated carbocycles. The molecule has 0 aromatic heterocycles. The van der Waals surface area contributed by atoms with Gasteiger partial charge in [-0.3, -0.25) is 9.59 Å². The van der Waals surface area contributed by atoms with Crippen LogP contribution in [-0.2, 0) is 9.59 Å². The van der Waals surface area contributed by atoms with Gasteiger partial charge in [0.05, 0.1) is 6.42 Å². The van der Waals surface area contributed by atoms with Gasteiger partial charge in [-0.15, -0.1) is 0 Å². The molecule has 2 aliphatic rings. The van der Waals surface area contributed by atoms with E-state index in [4.69, 9.17) is 10.8 Å². The average Bonchev–Trinajstić information content (AvgIpc) is 2.99. The van der Waals surface area contributed by atoms with Crippen molar-refractivity contribution >= 4 is 11.9 Å². The lowest BCUT2D eigenvalue weighted by Gasteiger charge is -2.19. The lowest BCUT2D eigenvalue weighted by Crippen LogP contribution is -2.41. The molecule has 4 N–H and O–H groups in total. The van der Waals surface area contributed by atoms with E-state index in [0.29, 0.717) is 5.92 Å². The molecule has 2 rings (SSSR count). The fraction of sp³-hybridized carbons (Fsp3) is 0.833. The number of carbonyl (C=O) groups is 2. The summed E-state index contributed by atoms with van der Waals surface area (Å²) in [5.74, 6) is -0.494. The third kappa shape index (κ3) is 3.43. The Bertz CT molecular complexity index is 315. The minimum atomic E-state index is -0.842. The Morgan fingerprint density at radius 2 is 2.00 bits per heavy atom. The standard InChI is InChI=1S/C12H20N2O3/c13-9-4-3-8(5-9)12(17)14-10(6-11(15)16)7-1-2-7/h7-10H,1-6,13H2,(H,14,17)(H,15,16). The van der Waals surface area contributed by atoms with Crippen molar-refractivity contribution in [2.24, 2.45) is 17.6 Å². The molecular weight excluding hydrogens is 220 g/mol. The Morgan fingerprint density at radius 1 is 1.29 bits per heavy atom. The molecule has 0 heterocycles. The predicted molar refractivity (Wildman–Crippen MR) is 62.2 cm³/mol. The summed E-state index contributed by atoms with van der Waals surface area (Å²) in [5, 5.41) is 11.7. The smallest absolute Gasteiger partial charge is 0.305 e. The molecule has 2 fully saturated rings. The van der Waals surface area contributed by atoms with Crippen molar-refractivity contribution in [3.63, 3.8) is 0 Å². The van der Waals surface area contributed by atoms with Crippen LogP contribution in [0.1, 0.15) is 38.5 Å². The van der Waals surface area contributed by atoms with Gasteiger partial charge in [0, 0.05) is 18.0 Å². The second kappa shape index (κ2) is 5.04. The molecule has 3 atom stereocenters. The molecule has 0 radical (unpaired) electrons. The second-order valence-electron chi connectivity index (χ2n) is 5.32. The van der Waals surface area contributed by atoms with Gasteiger partial charge in [-0.2, -0.15) is 0 Å². The monoisotopic (exact) mass is 240 g/mol. The highest BCUT2D eigenvalue weighted by Crippen LogP contribution is 2.34. The number of amides is 1. The number of nitrogens with two attached hydrogens (primary N) is 1. The van der Waals surface area contributed by atoms with Gasteiger partial charge in [0.1, 0.15) is 0 Å². The maximum Gasteiger partial charge on any atom is 0.305 e. The Morgan fingerprint density at radius 3 is 2.47 bits per heavy atom. The van der Waals surface area contributed by atoms with Gasteiger partial charge >= 0.3 is 5.97 Å². The molecule has 96 valence electrons. The van der Waals surface area contributed by atoms with Crippen LogP contribution in [0, 0.1) is 11.8 Å². The minimum absolute atomic E-state index is 0.00361. The fourth-order valence-electron chi connectivity index (χ4n) is 2.58. The summed E-state index contributed by atoms with van der Waals surface area (Å²) in [5.41, 5.74) is 5.77. The number of carboxylic acid groups (broad SMARTS) is 1. The van der Waals surface area contributed by atoms with E-state index in [1.807, 2.05) is 0 Å². The van der Waals surface area contributed by atoms with Crippen LogP contribution in [0.25, 0.3) is 0 Å². The van der Waals surface area contributed by atoms with Gasteiger partial charge in [0.15, 0.2) is 0 Å². The molecule has 5 nitrogen and oxygen atoms in total. The first kappa shape index (κ1) is 12.4. The van der Waals surface area contributed by atoms with Crippen LogP contribution in [0.15, 0.2) is 0 Å². The minimum Gasteiger partial charge on any atom is -0.481 e. The molecule has 0 saturated heterocycles. The topological polar surface area (TPSA) is 92.4 Å². The third-order valence-electron chi connectivity index (χ3n) is 3.76. The van der Waals surface area contributed by atoms with Crippen molar-refractivity contribution in [3.8, 4) is 0 Å². The molecule has 3 unspecified atom stereocenters. The van der Waals surface area contributed by atoms with Crippen LogP contribution in [0.4, 0.5) is 0 Å². The van der Waals surface area contributed by atoms with E-state index in [0.717, 1.165) is 32.1 Å². The summed E-state index contributed by atoms with van der Waals surface area (Å²) in [6.07, 6.45) is 4.55. The van der Waals surface area contributed by atoms with Crippen molar-refractivity contribution < 1.29 is 14.7 Å². The number of hydrogen-bond acceptors (Lipinski definition) is 3. The number of carbonyl (C=O) groups excluding carboxylic acids is 1. The van der Waals surface area contributed by atoms with Gasteiger partial charge in [-0.05, 0) is 38.0 Å². The highest BCUT2D eigenvalue weighted by Gasteiger charge is 2.36. The number of rotatable bonds is 5.